The Morgan fingerprint density at radius 2 is 2.35 bits per heavy atom. The zero-order chi connectivity index (χ0) is 14.8. The zero-order valence-electron chi connectivity index (χ0n) is 12.2. The number of nitrogens with zero attached hydrogens (tertiary/aromatic N) is 2. The topological polar surface area (TPSA) is 62.7 Å². The summed E-state index contributed by atoms with van der Waals surface area (Å²) < 4.78 is 5.39. The molecule has 20 heavy (non-hydrogen) atoms. The van der Waals surface area contributed by atoms with Crippen LogP contribution in [0, 0.1) is 5.92 Å². The number of ether oxygens (including phenoxy) is 1. The van der Waals surface area contributed by atoms with Gasteiger partial charge in [0.25, 0.3) is 0 Å². The first-order valence-corrected chi connectivity index (χ1v) is 7.80. The maximum absolute atomic E-state index is 12.1. The Balaban J connectivity index is 1.96. The molecule has 0 bridgehead atoms. The maximum atomic E-state index is 12.1. The number of hydrogen-bond donors (Lipinski definition) is 1. The van der Waals surface area contributed by atoms with Crippen molar-refractivity contribution < 1.29 is 14.6 Å². The average molecular weight is 298 g/mol. The molecule has 2 rings (SSSR count). The second-order valence-electron chi connectivity index (χ2n) is 6.14. The van der Waals surface area contributed by atoms with Crippen molar-refractivity contribution in [1.82, 2.24) is 9.88 Å². The van der Waals surface area contributed by atoms with Gasteiger partial charge < -0.3 is 14.7 Å². The second kappa shape index (κ2) is 6.10. The summed E-state index contributed by atoms with van der Waals surface area (Å²) in [5.41, 5.74) is -0.488. The highest BCUT2D eigenvalue weighted by atomic mass is 32.1. The van der Waals surface area contributed by atoms with E-state index in [0.29, 0.717) is 13.1 Å². The van der Waals surface area contributed by atoms with Crippen molar-refractivity contribution in [2.24, 2.45) is 5.92 Å². The molecule has 1 aromatic heterocycles. The molecule has 6 heteroatoms. The van der Waals surface area contributed by atoms with Gasteiger partial charge >= 0.3 is 6.09 Å². The van der Waals surface area contributed by atoms with Crippen LogP contribution >= 0.6 is 11.3 Å². The van der Waals surface area contributed by atoms with Crippen molar-refractivity contribution in [1.29, 1.82) is 0 Å². The molecule has 1 aliphatic rings. The minimum Gasteiger partial charge on any atom is -0.444 e. The predicted octanol–water partition coefficient (Wildman–Crippen LogP) is 2.82. The molecule has 1 saturated heterocycles. The standard InChI is InChI=1S/C14H22N2O3S/c1-14(2,3)19-13(18)16-7-4-5-10(9-16)11(17)12-15-6-8-20-12/h6,8,10-11,17H,4-5,7,9H2,1-3H3. The van der Waals surface area contributed by atoms with Crippen LogP contribution in [0.4, 0.5) is 4.79 Å². The summed E-state index contributed by atoms with van der Waals surface area (Å²) in [6, 6.07) is 0. The number of thiazole rings is 1. The second-order valence-corrected chi connectivity index (χ2v) is 7.07. The summed E-state index contributed by atoms with van der Waals surface area (Å²) in [7, 11) is 0. The Labute approximate surface area is 123 Å². The Morgan fingerprint density at radius 3 is 2.95 bits per heavy atom. The van der Waals surface area contributed by atoms with Gasteiger partial charge in [-0.1, -0.05) is 0 Å². The molecule has 0 aliphatic carbocycles. The zero-order valence-corrected chi connectivity index (χ0v) is 13.0. The van der Waals surface area contributed by atoms with Gasteiger partial charge in [-0.15, -0.1) is 11.3 Å². The van der Waals surface area contributed by atoms with Gasteiger partial charge in [0, 0.05) is 30.6 Å². The monoisotopic (exact) mass is 298 g/mol. The van der Waals surface area contributed by atoms with Gasteiger partial charge in [-0.05, 0) is 33.6 Å². The quantitative estimate of drug-likeness (QED) is 0.912. The molecular formula is C14H22N2O3S. The van der Waals surface area contributed by atoms with Gasteiger partial charge in [-0.2, -0.15) is 0 Å². The lowest BCUT2D eigenvalue weighted by Gasteiger charge is -2.35. The van der Waals surface area contributed by atoms with Gasteiger partial charge in [0.05, 0.1) is 0 Å². The molecule has 2 heterocycles. The number of aromatic nitrogens is 1. The summed E-state index contributed by atoms with van der Waals surface area (Å²) in [4.78, 5) is 17.9. The van der Waals surface area contributed by atoms with E-state index >= 15 is 0 Å². The molecule has 0 saturated carbocycles. The van der Waals surface area contributed by atoms with Crippen molar-refractivity contribution in [3.05, 3.63) is 16.6 Å². The number of aliphatic hydroxyl groups excluding tert-OH is 1. The van der Waals surface area contributed by atoms with E-state index in [1.165, 1.54) is 11.3 Å². The van der Waals surface area contributed by atoms with E-state index < -0.39 is 11.7 Å². The third-order valence-electron chi connectivity index (χ3n) is 3.26. The summed E-state index contributed by atoms with van der Waals surface area (Å²) in [6.45, 7) is 6.79. The molecular weight excluding hydrogens is 276 g/mol. The van der Waals surface area contributed by atoms with Crippen molar-refractivity contribution in [3.8, 4) is 0 Å². The number of carbonyl (C=O) groups is 1. The summed E-state index contributed by atoms with van der Waals surface area (Å²) in [5.74, 6) is 0.0300. The molecule has 0 radical (unpaired) electrons. The van der Waals surface area contributed by atoms with E-state index in [9.17, 15) is 9.90 Å². The van der Waals surface area contributed by atoms with Gasteiger partial charge in [-0.3, -0.25) is 0 Å². The third kappa shape index (κ3) is 3.93. The molecule has 1 aliphatic heterocycles. The molecule has 1 fully saturated rings. The summed E-state index contributed by atoms with van der Waals surface area (Å²) in [6.07, 6.45) is 2.58. The van der Waals surface area contributed by atoms with E-state index in [-0.39, 0.29) is 12.0 Å². The summed E-state index contributed by atoms with van der Waals surface area (Å²) >= 11 is 1.45. The largest absolute Gasteiger partial charge is 0.444 e. The Hall–Kier alpha value is -1.14. The molecule has 1 aromatic rings. The van der Waals surface area contributed by atoms with E-state index in [0.717, 1.165) is 17.8 Å². The number of carbonyl (C=O) groups excluding carboxylic acids is 1. The molecule has 5 nitrogen and oxygen atoms in total. The molecule has 112 valence electrons. The van der Waals surface area contributed by atoms with Crippen LogP contribution in [0.2, 0.25) is 0 Å². The van der Waals surface area contributed by atoms with Crippen LogP contribution in [-0.4, -0.2) is 39.8 Å². The van der Waals surface area contributed by atoms with E-state index in [4.69, 9.17) is 4.74 Å². The van der Waals surface area contributed by atoms with Crippen molar-refractivity contribution in [2.45, 2.75) is 45.3 Å². The third-order valence-corrected chi connectivity index (χ3v) is 4.11. The van der Waals surface area contributed by atoms with E-state index in [2.05, 4.69) is 4.98 Å². The van der Waals surface area contributed by atoms with Crippen LogP contribution in [0.25, 0.3) is 0 Å². The minimum atomic E-state index is -0.597. The maximum Gasteiger partial charge on any atom is 0.410 e. The van der Waals surface area contributed by atoms with Crippen molar-refractivity contribution in [3.63, 3.8) is 0 Å². The van der Waals surface area contributed by atoms with Crippen LogP contribution < -0.4 is 0 Å². The van der Waals surface area contributed by atoms with Gasteiger partial charge in [0.2, 0.25) is 0 Å². The van der Waals surface area contributed by atoms with Crippen LogP contribution in [0.1, 0.15) is 44.7 Å². The molecule has 1 N–H and O–H groups in total. The van der Waals surface area contributed by atoms with E-state index in [1.807, 2.05) is 26.2 Å². The lowest BCUT2D eigenvalue weighted by molar-refractivity contribution is 0.00236. The Kier molecular flexibility index (Phi) is 4.65. The fourth-order valence-electron chi connectivity index (χ4n) is 2.34. The van der Waals surface area contributed by atoms with Crippen LogP contribution in [-0.2, 0) is 4.74 Å². The smallest absolute Gasteiger partial charge is 0.410 e. The first-order chi connectivity index (χ1) is 9.37. The van der Waals surface area contributed by atoms with Crippen molar-refractivity contribution >= 4 is 17.4 Å². The lowest BCUT2D eigenvalue weighted by Crippen LogP contribution is -2.44. The molecule has 2 unspecified atom stereocenters. The number of rotatable bonds is 2. The molecule has 1 amide bonds. The number of likely N-dealkylation sites (tertiary alicyclic amines) is 1. The number of amides is 1. The number of hydrogen-bond acceptors (Lipinski definition) is 5. The Morgan fingerprint density at radius 1 is 1.60 bits per heavy atom. The van der Waals surface area contributed by atoms with Crippen LogP contribution in [0.15, 0.2) is 11.6 Å². The normalized spacial score (nSPS) is 21.6. The average Bonchev–Trinajstić information content (AvgIpc) is 2.90. The molecule has 0 aromatic carbocycles. The number of aliphatic hydroxyl groups is 1. The highest BCUT2D eigenvalue weighted by Crippen LogP contribution is 2.31. The molecule has 0 spiro atoms. The SMILES string of the molecule is CC(C)(C)OC(=O)N1CCCC(C(O)c2nccs2)C1. The van der Waals surface area contributed by atoms with Crippen LogP contribution in [0.3, 0.4) is 0 Å². The minimum absolute atomic E-state index is 0.0300. The first-order valence-electron chi connectivity index (χ1n) is 6.92. The summed E-state index contributed by atoms with van der Waals surface area (Å²) in [5, 5.41) is 12.9. The van der Waals surface area contributed by atoms with Crippen LogP contribution in [0.5, 0.6) is 0 Å². The van der Waals surface area contributed by atoms with Gasteiger partial charge in [0.1, 0.15) is 16.7 Å². The lowest BCUT2D eigenvalue weighted by atomic mass is 9.93. The predicted molar refractivity (Wildman–Crippen MR) is 77.6 cm³/mol. The highest BCUT2D eigenvalue weighted by Gasteiger charge is 2.32. The van der Waals surface area contributed by atoms with Crippen molar-refractivity contribution in [2.75, 3.05) is 13.1 Å². The highest BCUT2D eigenvalue weighted by molar-refractivity contribution is 7.09. The first kappa shape index (κ1) is 15.3. The number of piperidine rings is 1. The van der Waals surface area contributed by atoms with Gasteiger partial charge in [0.15, 0.2) is 0 Å². The fourth-order valence-corrected chi connectivity index (χ4v) is 3.06. The fraction of sp³-hybridized carbons (Fsp3) is 0.714. The van der Waals surface area contributed by atoms with E-state index in [1.54, 1.807) is 11.1 Å². The Bertz CT molecular complexity index is 442. The van der Waals surface area contributed by atoms with Gasteiger partial charge in [-0.25, -0.2) is 9.78 Å². The molecule has 2 atom stereocenters.